The number of nitrogens with zero attached hydrogens (tertiary/aromatic N) is 2. The Morgan fingerprint density at radius 3 is 3.11 bits per heavy atom. The molecule has 1 aromatic heterocycles. The fourth-order valence-electron chi connectivity index (χ4n) is 2.69. The third-order valence-electron chi connectivity index (χ3n) is 3.86. The molecule has 0 spiro atoms. The molecule has 0 radical (unpaired) electrons. The quantitative estimate of drug-likeness (QED) is 0.869. The standard InChI is InChI=1S/C14H21N3O/c1-18-14-4-2-3-12(16-14)9-17-8-7-15-13(10-17)11-5-6-11/h2-4,11,13,15H,5-10H2,1H3. The number of aromatic nitrogens is 1. The second-order valence-corrected chi connectivity index (χ2v) is 5.30. The first kappa shape index (κ1) is 11.9. The Labute approximate surface area is 108 Å². The van der Waals surface area contributed by atoms with Gasteiger partial charge in [-0.1, -0.05) is 6.07 Å². The fourth-order valence-corrected chi connectivity index (χ4v) is 2.69. The minimum atomic E-state index is 0.698. The lowest BCUT2D eigenvalue weighted by molar-refractivity contribution is 0.179. The van der Waals surface area contributed by atoms with E-state index in [1.54, 1.807) is 7.11 Å². The summed E-state index contributed by atoms with van der Waals surface area (Å²) in [5.41, 5.74) is 1.10. The molecule has 98 valence electrons. The molecule has 1 saturated carbocycles. The summed E-state index contributed by atoms with van der Waals surface area (Å²) in [7, 11) is 1.67. The number of hydrogen-bond acceptors (Lipinski definition) is 4. The van der Waals surface area contributed by atoms with Crippen LogP contribution >= 0.6 is 0 Å². The molecule has 2 fully saturated rings. The third-order valence-corrected chi connectivity index (χ3v) is 3.86. The van der Waals surface area contributed by atoms with Crippen molar-refractivity contribution >= 4 is 0 Å². The maximum Gasteiger partial charge on any atom is 0.213 e. The van der Waals surface area contributed by atoms with Gasteiger partial charge < -0.3 is 10.1 Å². The van der Waals surface area contributed by atoms with Gasteiger partial charge in [-0.2, -0.15) is 0 Å². The summed E-state index contributed by atoms with van der Waals surface area (Å²) in [5.74, 6) is 1.63. The van der Waals surface area contributed by atoms with E-state index in [0.29, 0.717) is 11.9 Å². The maximum absolute atomic E-state index is 5.17. The first-order valence-corrected chi connectivity index (χ1v) is 6.81. The molecule has 4 nitrogen and oxygen atoms in total. The summed E-state index contributed by atoms with van der Waals surface area (Å²) < 4.78 is 5.17. The van der Waals surface area contributed by atoms with E-state index in [1.807, 2.05) is 12.1 Å². The molecule has 1 aromatic rings. The highest BCUT2D eigenvalue weighted by Gasteiger charge is 2.33. The monoisotopic (exact) mass is 247 g/mol. The minimum absolute atomic E-state index is 0.698. The first-order valence-electron chi connectivity index (χ1n) is 6.81. The van der Waals surface area contributed by atoms with Crippen molar-refractivity contribution in [1.82, 2.24) is 15.2 Å². The maximum atomic E-state index is 5.17. The minimum Gasteiger partial charge on any atom is -0.481 e. The zero-order chi connectivity index (χ0) is 12.4. The number of pyridine rings is 1. The molecule has 1 unspecified atom stereocenters. The Morgan fingerprint density at radius 1 is 1.44 bits per heavy atom. The summed E-state index contributed by atoms with van der Waals surface area (Å²) in [4.78, 5) is 6.99. The van der Waals surface area contributed by atoms with Crippen molar-refractivity contribution in [1.29, 1.82) is 0 Å². The summed E-state index contributed by atoms with van der Waals surface area (Å²) in [6.07, 6.45) is 2.81. The van der Waals surface area contributed by atoms with E-state index in [2.05, 4.69) is 21.3 Å². The van der Waals surface area contributed by atoms with Crippen LogP contribution < -0.4 is 10.1 Å². The van der Waals surface area contributed by atoms with Crippen LogP contribution in [0.15, 0.2) is 18.2 Å². The Kier molecular flexibility index (Phi) is 3.48. The van der Waals surface area contributed by atoms with Crippen molar-refractivity contribution in [3.8, 4) is 5.88 Å². The van der Waals surface area contributed by atoms with Crippen molar-refractivity contribution < 1.29 is 4.74 Å². The Morgan fingerprint density at radius 2 is 2.33 bits per heavy atom. The molecule has 0 aromatic carbocycles. The van der Waals surface area contributed by atoms with Gasteiger partial charge in [0.05, 0.1) is 12.8 Å². The van der Waals surface area contributed by atoms with Crippen LogP contribution in [0.25, 0.3) is 0 Å². The number of ether oxygens (including phenoxy) is 1. The molecule has 1 atom stereocenters. The van der Waals surface area contributed by atoms with E-state index in [4.69, 9.17) is 4.74 Å². The molecular formula is C14H21N3O. The van der Waals surface area contributed by atoms with Gasteiger partial charge in [0, 0.05) is 38.3 Å². The third kappa shape index (κ3) is 2.82. The Balaban J connectivity index is 1.60. The molecule has 0 amide bonds. The zero-order valence-electron chi connectivity index (χ0n) is 10.9. The van der Waals surface area contributed by atoms with Crippen LogP contribution in [0.4, 0.5) is 0 Å². The van der Waals surface area contributed by atoms with Crippen molar-refractivity contribution in [3.05, 3.63) is 23.9 Å². The van der Waals surface area contributed by atoms with Crippen molar-refractivity contribution in [2.24, 2.45) is 5.92 Å². The van der Waals surface area contributed by atoms with Crippen molar-refractivity contribution in [2.75, 3.05) is 26.7 Å². The molecule has 1 saturated heterocycles. The highest BCUT2D eigenvalue weighted by molar-refractivity contribution is 5.15. The van der Waals surface area contributed by atoms with E-state index in [9.17, 15) is 0 Å². The predicted molar refractivity (Wildman–Crippen MR) is 70.6 cm³/mol. The topological polar surface area (TPSA) is 37.4 Å². The highest BCUT2D eigenvalue weighted by Crippen LogP contribution is 2.33. The highest BCUT2D eigenvalue weighted by atomic mass is 16.5. The average Bonchev–Trinajstić information content (AvgIpc) is 3.24. The fraction of sp³-hybridized carbons (Fsp3) is 0.643. The molecule has 4 heteroatoms. The van der Waals surface area contributed by atoms with Crippen LogP contribution in [0.3, 0.4) is 0 Å². The second-order valence-electron chi connectivity index (χ2n) is 5.30. The Bertz CT molecular complexity index is 406. The van der Waals surface area contributed by atoms with Gasteiger partial charge in [0.1, 0.15) is 0 Å². The number of methoxy groups -OCH3 is 1. The summed E-state index contributed by atoms with van der Waals surface area (Å²) >= 11 is 0. The van der Waals surface area contributed by atoms with Crippen LogP contribution in [-0.2, 0) is 6.54 Å². The number of rotatable bonds is 4. The lowest BCUT2D eigenvalue weighted by Gasteiger charge is -2.33. The van der Waals surface area contributed by atoms with Crippen LogP contribution in [0.5, 0.6) is 5.88 Å². The predicted octanol–water partition coefficient (Wildman–Crippen LogP) is 1.27. The largest absolute Gasteiger partial charge is 0.481 e. The first-order chi connectivity index (χ1) is 8.85. The molecule has 3 rings (SSSR count). The lowest BCUT2D eigenvalue weighted by atomic mass is 10.1. The molecule has 1 N–H and O–H groups in total. The normalized spacial score (nSPS) is 25.1. The Hall–Kier alpha value is -1.13. The number of nitrogens with one attached hydrogen (secondary N) is 1. The SMILES string of the molecule is COc1cccc(CN2CCNC(C3CC3)C2)n1. The van der Waals surface area contributed by atoms with Crippen LogP contribution in [0.2, 0.25) is 0 Å². The molecule has 1 aliphatic heterocycles. The van der Waals surface area contributed by atoms with Crippen LogP contribution in [0, 0.1) is 5.92 Å². The lowest BCUT2D eigenvalue weighted by Crippen LogP contribution is -2.51. The van der Waals surface area contributed by atoms with Gasteiger partial charge in [-0.15, -0.1) is 0 Å². The molecule has 2 heterocycles. The molecule has 2 aliphatic rings. The summed E-state index contributed by atoms with van der Waals surface area (Å²) in [5, 5.41) is 3.63. The van der Waals surface area contributed by atoms with E-state index >= 15 is 0 Å². The summed E-state index contributed by atoms with van der Waals surface area (Å²) in [6, 6.07) is 6.69. The molecule has 18 heavy (non-hydrogen) atoms. The van der Waals surface area contributed by atoms with Gasteiger partial charge in [0.25, 0.3) is 0 Å². The van der Waals surface area contributed by atoms with E-state index < -0.39 is 0 Å². The van der Waals surface area contributed by atoms with Crippen LogP contribution in [0.1, 0.15) is 18.5 Å². The van der Waals surface area contributed by atoms with Crippen molar-refractivity contribution in [2.45, 2.75) is 25.4 Å². The van der Waals surface area contributed by atoms with E-state index in [-0.39, 0.29) is 0 Å². The number of hydrogen-bond donors (Lipinski definition) is 1. The van der Waals surface area contributed by atoms with Gasteiger partial charge in [-0.3, -0.25) is 4.90 Å². The molecular weight excluding hydrogens is 226 g/mol. The van der Waals surface area contributed by atoms with Gasteiger partial charge >= 0.3 is 0 Å². The average molecular weight is 247 g/mol. The van der Waals surface area contributed by atoms with E-state index in [0.717, 1.165) is 37.8 Å². The van der Waals surface area contributed by atoms with Gasteiger partial charge in [-0.05, 0) is 24.8 Å². The van der Waals surface area contributed by atoms with Crippen molar-refractivity contribution in [3.63, 3.8) is 0 Å². The number of piperazine rings is 1. The summed E-state index contributed by atoms with van der Waals surface area (Å²) in [6.45, 7) is 4.30. The molecule has 1 aliphatic carbocycles. The van der Waals surface area contributed by atoms with Gasteiger partial charge in [0.2, 0.25) is 5.88 Å². The second kappa shape index (κ2) is 5.24. The van der Waals surface area contributed by atoms with E-state index in [1.165, 1.54) is 12.8 Å². The smallest absolute Gasteiger partial charge is 0.213 e. The zero-order valence-corrected chi connectivity index (χ0v) is 10.9. The van der Waals surface area contributed by atoms with Gasteiger partial charge in [0.15, 0.2) is 0 Å². The van der Waals surface area contributed by atoms with Crippen LogP contribution in [-0.4, -0.2) is 42.7 Å². The molecule has 0 bridgehead atoms. The van der Waals surface area contributed by atoms with Gasteiger partial charge in [-0.25, -0.2) is 4.98 Å².